The minimum atomic E-state index is -0.0698. The van der Waals surface area contributed by atoms with Gasteiger partial charge in [-0.15, -0.1) is 11.3 Å². The number of morpholine rings is 1. The largest absolute Gasteiger partial charge is 0.493 e. The van der Waals surface area contributed by atoms with Crippen molar-refractivity contribution in [2.75, 3.05) is 46.6 Å². The Balaban J connectivity index is 1.51. The van der Waals surface area contributed by atoms with Crippen LogP contribution in [0.25, 0.3) is 11.5 Å². The number of rotatable bonds is 10. The maximum Gasteiger partial charge on any atom is 0.260 e. The summed E-state index contributed by atoms with van der Waals surface area (Å²) in [6.45, 7) is 5.12. The Labute approximate surface area is 208 Å². The van der Waals surface area contributed by atoms with Crippen molar-refractivity contribution in [1.29, 1.82) is 0 Å². The van der Waals surface area contributed by atoms with Crippen LogP contribution in [0.3, 0.4) is 0 Å². The number of furan rings is 1. The second-order valence-electron chi connectivity index (χ2n) is 7.86. The number of carbonyl (C=O) groups excluding carboxylic acids is 1. The lowest BCUT2D eigenvalue weighted by Crippen LogP contribution is -2.43. The van der Waals surface area contributed by atoms with E-state index in [1.54, 1.807) is 35.2 Å². The first-order valence-corrected chi connectivity index (χ1v) is 12.5. The highest BCUT2D eigenvalue weighted by Crippen LogP contribution is 2.28. The third kappa shape index (κ3) is 6.40. The average molecular weight is 499 g/mol. The quantitative estimate of drug-likeness (QED) is 0.314. The number of unbranched alkanes of at least 4 members (excludes halogenated alkanes) is 1. The predicted octanol–water partition coefficient (Wildman–Crippen LogP) is 3.64. The van der Waals surface area contributed by atoms with E-state index in [1.807, 2.05) is 29.6 Å². The molecule has 3 aromatic rings. The molecule has 0 spiro atoms. The number of amides is 1. The highest BCUT2D eigenvalue weighted by molar-refractivity contribution is 7.07. The Hall–Kier alpha value is -3.37. The lowest BCUT2D eigenvalue weighted by molar-refractivity contribution is -0.137. The summed E-state index contributed by atoms with van der Waals surface area (Å²) < 4.78 is 23.9. The van der Waals surface area contributed by atoms with Crippen molar-refractivity contribution in [1.82, 2.24) is 9.58 Å². The van der Waals surface area contributed by atoms with Gasteiger partial charge < -0.3 is 23.5 Å². The van der Waals surface area contributed by atoms with Crippen LogP contribution in [0.4, 0.5) is 0 Å². The SMILES string of the molecule is CCCCN=c1scc(-c2ccco2)n1N=Cc1ccc(OCC(=O)N2CCOCC2)c(OC)c1. The molecule has 1 fully saturated rings. The van der Waals surface area contributed by atoms with Crippen molar-refractivity contribution >= 4 is 23.5 Å². The van der Waals surface area contributed by atoms with Crippen LogP contribution in [0.1, 0.15) is 25.3 Å². The Morgan fingerprint density at radius 1 is 1.23 bits per heavy atom. The maximum absolute atomic E-state index is 12.4. The van der Waals surface area contributed by atoms with Crippen molar-refractivity contribution < 1.29 is 23.4 Å². The van der Waals surface area contributed by atoms with E-state index >= 15 is 0 Å². The number of nitrogens with zero attached hydrogens (tertiary/aromatic N) is 4. The molecule has 10 heteroatoms. The van der Waals surface area contributed by atoms with Gasteiger partial charge in [-0.05, 0) is 42.3 Å². The zero-order valence-electron chi connectivity index (χ0n) is 20.0. The van der Waals surface area contributed by atoms with Gasteiger partial charge in [0.05, 0.1) is 32.8 Å². The van der Waals surface area contributed by atoms with Crippen LogP contribution in [0, 0.1) is 0 Å². The fraction of sp³-hybridized carbons (Fsp3) is 0.400. The van der Waals surface area contributed by atoms with Gasteiger partial charge in [0.15, 0.2) is 23.9 Å². The number of methoxy groups -OCH3 is 1. The van der Waals surface area contributed by atoms with E-state index in [1.165, 1.54) is 11.3 Å². The fourth-order valence-corrected chi connectivity index (χ4v) is 4.34. The number of ether oxygens (including phenoxy) is 3. The Kier molecular flexibility index (Phi) is 8.74. The van der Waals surface area contributed by atoms with Gasteiger partial charge in [-0.2, -0.15) is 5.10 Å². The molecule has 2 aromatic heterocycles. The molecule has 186 valence electrons. The van der Waals surface area contributed by atoms with Crippen LogP contribution in [0.5, 0.6) is 11.5 Å². The zero-order valence-corrected chi connectivity index (χ0v) is 20.8. The first-order chi connectivity index (χ1) is 17.2. The minimum Gasteiger partial charge on any atom is -0.493 e. The molecule has 35 heavy (non-hydrogen) atoms. The van der Waals surface area contributed by atoms with Gasteiger partial charge in [-0.25, -0.2) is 4.68 Å². The van der Waals surface area contributed by atoms with E-state index in [0.29, 0.717) is 37.8 Å². The Morgan fingerprint density at radius 3 is 2.83 bits per heavy atom. The van der Waals surface area contributed by atoms with Crippen LogP contribution in [0.2, 0.25) is 0 Å². The van der Waals surface area contributed by atoms with Crippen LogP contribution in [-0.4, -0.2) is 68.3 Å². The summed E-state index contributed by atoms with van der Waals surface area (Å²) in [5.41, 5.74) is 1.65. The molecule has 0 saturated carbocycles. The number of hydrogen-bond acceptors (Lipinski definition) is 8. The number of carbonyl (C=O) groups is 1. The van der Waals surface area contributed by atoms with Gasteiger partial charge >= 0.3 is 0 Å². The normalized spacial score (nSPS) is 14.6. The van der Waals surface area contributed by atoms with Gasteiger partial charge in [0.25, 0.3) is 5.91 Å². The molecule has 1 saturated heterocycles. The van der Waals surface area contributed by atoms with E-state index in [4.69, 9.17) is 28.7 Å². The summed E-state index contributed by atoms with van der Waals surface area (Å²) in [5, 5.41) is 6.68. The van der Waals surface area contributed by atoms with E-state index in [9.17, 15) is 4.79 Å². The molecule has 1 aliphatic rings. The van der Waals surface area contributed by atoms with Gasteiger partial charge in [0, 0.05) is 25.0 Å². The summed E-state index contributed by atoms with van der Waals surface area (Å²) in [5.74, 6) is 1.68. The lowest BCUT2D eigenvalue weighted by atomic mass is 10.2. The molecule has 1 aliphatic heterocycles. The van der Waals surface area contributed by atoms with E-state index < -0.39 is 0 Å². The summed E-state index contributed by atoms with van der Waals surface area (Å²) in [7, 11) is 1.57. The molecule has 1 amide bonds. The molecular weight excluding hydrogens is 468 g/mol. The second-order valence-corrected chi connectivity index (χ2v) is 8.70. The van der Waals surface area contributed by atoms with Crippen molar-refractivity contribution in [2.45, 2.75) is 19.8 Å². The molecule has 3 heterocycles. The average Bonchev–Trinajstić information content (AvgIpc) is 3.57. The number of aromatic nitrogens is 1. The van der Waals surface area contributed by atoms with Gasteiger partial charge in [0.2, 0.25) is 4.80 Å². The molecular formula is C25H30N4O5S. The summed E-state index contributed by atoms with van der Waals surface area (Å²) in [6, 6.07) is 9.23. The van der Waals surface area contributed by atoms with E-state index in [0.717, 1.165) is 41.2 Å². The smallest absolute Gasteiger partial charge is 0.260 e. The van der Waals surface area contributed by atoms with Crippen LogP contribution >= 0.6 is 11.3 Å². The van der Waals surface area contributed by atoms with Crippen molar-refractivity contribution in [3.05, 3.63) is 52.3 Å². The third-order valence-corrected chi connectivity index (χ3v) is 6.30. The van der Waals surface area contributed by atoms with Gasteiger partial charge in [-0.1, -0.05) is 13.3 Å². The highest BCUT2D eigenvalue weighted by Gasteiger charge is 2.18. The molecule has 0 atom stereocenters. The standard InChI is InChI=1S/C25H30N4O5S/c1-3-4-9-26-25-29(20(18-35-25)21-6-5-12-33-21)27-16-19-7-8-22(23(15-19)31-2)34-17-24(30)28-10-13-32-14-11-28/h5-8,12,15-16,18H,3-4,9-11,13-14,17H2,1-2H3. The van der Waals surface area contributed by atoms with Crippen LogP contribution in [0.15, 0.2) is 56.5 Å². The molecule has 0 unspecified atom stereocenters. The minimum absolute atomic E-state index is 0.0519. The molecule has 1 aromatic carbocycles. The second kappa shape index (κ2) is 12.4. The zero-order chi connectivity index (χ0) is 24.5. The molecule has 0 radical (unpaired) electrons. The van der Waals surface area contributed by atoms with E-state index in [-0.39, 0.29) is 12.5 Å². The fourth-order valence-electron chi connectivity index (χ4n) is 3.50. The monoisotopic (exact) mass is 498 g/mol. The van der Waals surface area contributed by atoms with Gasteiger partial charge in [-0.3, -0.25) is 9.79 Å². The summed E-state index contributed by atoms with van der Waals surface area (Å²) in [4.78, 5) is 19.6. The predicted molar refractivity (Wildman–Crippen MR) is 134 cm³/mol. The van der Waals surface area contributed by atoms with E-state index in [2.05, 4.69) is 6.92 Å². The highest BCUT2D eigenvalue weighted by atomic mass is 32.1. The number of hydrogen-bond donors (Lipinski definition) is 0. The molecule has 9 nitrogen and oxygen atoms in total. The topological polar surface area (TPSA) is 90.8 Å². The molecule has 0 N–H and O–H groups in total. The molecule has 4 rings (SSSR count). The summed E-state index contributed by atoms with van der Waals surface area (Å²) in [6.07, 6.45) is 5.48. The Morgan fingerprint density at radius 2 is 2.09 bits per heavy atom. The lowest BCUT2D eigenvalue weighted by Gasteiger charge is -2.26. The maximum atomic E-state index is 12.4. The molecule has 0 aliphatic carbocycles. The van der Waals surface area contributed by atoms with Crippen LogP contribution in [-0.2, 0) is 9.53 Å². The first kappa shape index (κ1) is 24.7. The summed E-state index contributed by atoms with van der Waals surface area (Å²) >= 11 is 1.53. The number of thiazole rings is 1. The first-order valence-electron chi connectivity index (χ1n) is 11.6. The molecule has 0 bridgehead atoms. The van der Waals surface area contributed by atoms with Crippen molar-refractivity contribution in [2.24, 2.45) is 10.1 Å². The number of benzene rings is 1. The van der Waals surface area contributed by atoms with Crippen molar-refractivity contribution in [3.63, 3.8) is 0 Å². The van der Waals surface area contributed by atoms with Crippen molar-refractivity contribution in [3.8, 4) is 23.0 Å². The Bertz CT molecular complexity index is 1190. The van der Waals surface area contributed by atoms with Crippen LogP contribution < -0.4 is 14.3 Å². The third-order valence-electron chi connectivity index (χ3n) is 5.44. The van der Waals surface area contributed by atoms with Gasteiger partial charge in [0.1, 0.15) is 5.69 Å².